The predicted molar refractivity (Wildman–Crippen MR) is 68.9 cm³/mol. The molecule has 0 aromatic carbocycles. The summed E-state index contributed by atoms with van der Waals surface area (Å²) in [5.74, 6) is -0.270. The SMILES string of the molecule is CCOC(=O)c1coc(NC2CCCCC2CO)n1. The van der Waals surface area contributed by atoms with E-state index in [0.717, 1.165) is 25.7 Å². The number of carbonyl (C=O) groups excluding carboxylic acids is 1. The van der Waals surface area contributed by atoms with Crippen LogP contribution in [0.3, 0.4) is 0 Å². The quantitative estimate of drug-likeness (QED) is 0.792. The predicted octanol–water partition coefficient (Wildman–Crippen LogP) is 1.81. The summed E-state index contributed by atoms with van der Waals surface area (Å²) in [4.78, 5) is 15.5. The fourth-order valence-electron chi connectivity index (χ4n) is 2.41. The van der Waals surface area contributed by atoms with Crippen molar-refractivity contribution in [2.24, 2.45) is 5.92 Å². The summed E-state index contributed by atoms with van der Waals surface area (Å²) in [5.41, 5.74) is 0.167. The van der Waals surface area contributed by atoms with Gasteiger partial charge in [0.15, 0.2) is 5.69 Å². The zero-order valence-electron chi connectivity index (χ0n) is 11.1. The maximum absolute atomic E-state index is 11.5. The van der Waals surface area contributed by atoms with Gasteiger partial charge in [-0.15, -0.1) is 0 Å². The lowest BCUT2D eigenvalue weighted by Gasteiger charge is -2.30. The lowest BCUT2D eigenvalue weighted by Crippen LogP contribution is -2.34. The molecule has 0 bridgehead atoms. The van der Waals surface area contributed by atoms with Gasteiger partial charge in [-0.25, -0.2) is 4.79 Å². The van der Waals surface area contributed by atoms with Crippen molar-refractivity contribution in [2.75, 3.05) is 18.5 Å². The first-order valence-corrected chi connectivity index (χ1v) is 6.74. The van der Waals surface area contributed by atoms with Gasteiger partial charge in [0.1, 0.15) is 6.26 Å². The third-order valence-corrected chi connectivity index (χ3v) is 3.44. The van der Waals surface area contributed by atoms with E-state index in [-0.39, 0.29) is 24.3 Å². The number of rotatable bonds is 5. The Balaban J connectivity index is 1.97. The first kappa shape index (κ1) is 13.9. The molecule has 1 saturated carbocycles. The van der Waals surface area contributed by atoms with Crippen LogP contribution in [-0.2, 0) is 4.74 Å². The zero-order valence-corrected chi connectivity index (χ0v) is 11.1. The summed E-state index contributed by atoms with van der Waals surface area (Å²) in [6, 6.07) is 0.459. The van der Waals surface area contributed by atoms with Gasteiger partial charge < -0.3 is 19.6 Å². The van der Waals surface area contributed by atoms with Crippen molar-refractivity contribution >= 4 is 12.0 Å². The highest BCUT2D eigenvalue weighted by Crippen LogP contribution is 2.26. The van der Waals surface area contributed by atoms with Crippen molar-refractivity contribution in [3.8, 4) is 0 Å². The first-order valence-electron chi connectivity index (χ1n) is 6.74. The number of carbonyl (C=O) groups is 1. The number of oxazole rings is 1. The van der Waals surface area contributed by atoms with Crippen molar-refractivity contribution in [1.82, 2.24) is 4.98 Å². The molecular formula is C13H20N2O4. The Labute approximate surface area is 112 Å². The number of aromatic nitrogens is 1. The molecule has 1 aliphatic rings. The van der Waals surface area contributed by atoms with Crippen molar-refractivity contribution in [2.45, 2.75) is 38.6 Å². The van der Waals surface area contributed by atoms with Crippen LogP contribution in [0, 0.1) is 5.92 Å². The molecule has 1 aromatic heterocycles. The van der Waals surface area contributed by atoms with E-state index in [2.05, 4.69) is 10.3 Å². The zero-order chi connectivity index (χ0) is 13.7. The second kappa shape index (κ2) is 6.56. The first-order chi connectivity index (χ1) is 9.24. The monoisotopic (exact) mass is 268 g/mol. The van der Waals surface area contributed by atoms with Gasteiger partial charge in [-0.3, -0.25) is 0 Å². The van der Waals surface area contributed by atoms with Crippen LogP contribution in [0.25, 0.3) is 0 Å². The molecule has 2 N–H and O–H groups in total. The minimum absolute atomic E-state index is 0.146. The highest BCUT2D eigenvalue weighted by Gasteiger charge is 2.26. The number of anilines is 1. The number of aliphatic hydroxyl groups is 1. The van der Waals surface area contributed by atoms with Gasteiger partial charge >= 0.3 is 5.97 Å². The number of hydrogen-bond donors (Lipinski definition) is 2. The Kier molecular flexibility index (Phi) is 4.79. The van der Waals surface area contributed by atoms with Crippen LogP contribution in [0.5, 0.6) is 0 Å². The van der Waals surface area contributed by atoms with E-state index in [1.54, 1.807) is 6.92 Å². The number of nitrogens with one attached hydrogen (secondary N) is 1. The van der Waals surface area contributed by atoms with E-state index >= 15 is 0 Å². The number of esters is 1. The standard InChI is InChI=1S/C13H20N2O4/c1-2-18-12(17)11-8-19-13(15-11)14-10-6-4-3-5-9(10)7-16/h8-10,16H,2-7H2,1H3,(H,14,15). The molecule has 19 heavy (non-hydrogen) atoms. The molecule has 6 heteroatoms. The van der Waals surface area contributed by atoms with Gasteiger partial charge in [0, 0.05) is 18.6 Å². The van der Waals surface area contributed by atoms with Crippen molar-refractivity contribution in [1.29, 1.82) is 0 Å². The van der Waals surface area contributed by atoms with Crippen LogP contribution in [0.4, 0.5) is 6.01 Å². The maximum Gasteiger partial charge on any atom is 0.360 e. The molecule has 2 rings (SSSR count). The Bertz CT molecular complexity index is 419. The number of hydrogen-bond acceptors (Lipinski definition) is 6. The van der Waals surface area contributed by atoms with Crippen LogP contribution >= 0.6 is 0 Å². The molecule has 1 fully saturated rings. The number of nitrogens with zero attached hydrogens (tertiary/aromatic N) is 1. The Morgan fingerprint density at radius 1 is 1.58 bits per heavy atom. The van der Waals surface area contributed by atoms with Gasteiger partial charge in [0.25, 0.3) is 6.01 Å². The Hall–Kier alpha value is -1.56. The molecule has 0 aliphatic heterocycles. The van der Waals surface area contributed by atoms with Gasteiger partial charge in [0.2, 0.25) is 0 Å². The normalized spacial score (nSPS) is 23.1. The van der Waals surface area contributed by atoms with E-state index < -0.39 is 5.97 Å². The third kappa shape index (κ3) is 3.47. The molecule has 0 radical (unpaired) electrons. The Morgan fingerprint density at radius 2 is 2.37 bits per heavy atom. The van der Waals surface area contributed by atoms with Crippen LogP contribution in [0.2, 0.25) is 0 Å². The fourth-order valence-corrected chi connectivity index (χ4v) is 2.41. The molecule has 0 amide bonds. The molecule has 0 saturated heterocycles. The van der Waals surface area contributed by atoms with Gasteiger partial charge in [-0.05, 0) is 19.8 Å². The second-order valence-electron chi connectivity index (χ2n) is 4.74. The second-order valence-corrected chi connectivity index (χ2v) is 4.74. The van der Waals surface area contributed by atoms with E-state index in [0.29, 0.717) is 12.6 Å². The van der Waals surface area contributed by atoms with E-state index in [4.69, 9.17) is 9.15 Å². The summed E-state index contributed by atoms with van der Waals surface area (Å²) < 4.78 is 10.1. The topological polar surface area (TPSA) is 84.6 Å². The van der Waals surface area contributed by atoms with Crippen molar-refractivity contribution in [3.05, 3.63) is 12.0 Å². The lowest BCUT2D eigenvalue weighted by molar-refractivity contribution is 0.0519. The fraction of sp³-hybridized carbons (Fsp3) is 0.692. The number of aliphatic hydroxyl groups excluding tert-OH is 1. The lowest BCUT2D eigenvalue weighted by atomic mass is 9.85. The average molecular weight is 268 g/mol. The van der Waals surface area contributed by atoms with Crippen molar-refractivity contribution < 1.29 is 19.1 Å². The summed E-state index contributed by atoms with van der Waals surface area (Å²) >= 11 is 0. The minimum Gasteiger partial charge on any atom is -0.461 e. The molecule has 106 valence electrons. The molecule has 1 aromatic rings. The summed E-state index contributed by atoms with van der Waals surface area (Å²) in [5, 5.41) is 12.5. The van der Waals surface area contributed by atoms with Crippen LogP contribution in [0.1, 0.15) is 43.1 Å². The molecular weight excluding hydrogens is 248 g/mol. The Morgan fingerprint density at radius 3 is 3.11 bits per heavy atom. The van der Waals surface area contributed by atoms with Crippen LogP contribution in [0.15, 0.2) is 10.7 Å². The van der Waals surface area contributed by atoms with Crippen LogP contribution in [-0.4, -0.2) is 35.3 Å². The van der Waals surface area contributed by atoms with E-state index in [1.807, 2.05) is 0 Å². The summed E-state index contributed by atoms with van der Waals surface area (Å²) in [6.45, 7) is 2.21. The third-order valence-electron chi connectivity index (χ3n) is 3.44. The molecule has 2 atom stereocenters. The average Bonchev–Trinajstić information content (AvgIpc) is 2.88. The largest absolute Gasteiger partial charge is 0.461 e. The van der Waals surface area contributed by atoms with Gasteiger partial charge in [-0.1, -0.05) is 12.8 Å². The van der Waals surface area contributed by atoms with E-state index in [9.17, 15) is 9.90 Å². The van der Waals surface area contributed by atoms with Gasteiger partial charge in [-0.2, -0.15) is 4.98 Å². The molecule has 6 nitrogen and oxygen atoms in total. The van der Waals surface area contributed by atoms with Crippen LogP contribution < -0.4 is 5.32 Å². The summed E-state index contributed by atoms with van der Waals surface area (Å²) in [6.07, 6.45) is 5.53. The highest BCUT2D eigenvalue weighted by molar-refractivity contribution is 5.87. The number of ether oxygens (including phenoxy) is 1. The summed E-state index contributed by atoms with van der Waals surface area (Å²) in [7, 11) is 0. The van der Waals surface area contributed by atoms with Crippen molar-refractivity contribution in [3.63, 3.8) is 0 Å². The minimum atomic E-state index is -0.485. The molecule has 1 aliphatic carbocycles. The highest BCUT2D eigenvalue weighted by atomic mass is 16.5. The maximum atomic E-state index is 11.5. The molecule has 2 unspecified atom stereocenters. The molecule has 1 heterocycles. The molecule has 0 spiro atoms. The smallest absolute Gasteiger partial charge is 0.360 e. The van der Waals surface area contributed by atoms with E-state index in [1.165, 1.54) is 6.26 Å². The van der Waals surface area contributed by atoms with Gasteiger partial charge in [0.05, 0.1) is 6.61 Å².